The van der Waals surface area contributed by atoms with Crippen LogP contribution in [0.1, 0.15) is 22.6 Å². The van der Waals surface area contributed by atoms with E-state index in [-0.39, 0.29) is 19.8 Å². The molecule has 0 aromatic carbocycles. The SMILES string of the molecule is COCCOCC(O)Cn1nnc(C(=O)O)c1C(F)F. The zero-order valence-corrected chi connectivity index (χ0v) is 10.7. The van der Waals surface area contributed by atoms with Gasteiger partial charge in [0.25, 0.3) is 6.43 Å². The molecule has 1 unspecified atom stereocenters. The summed E-state index contributed by atoms with van der Waals surface area (Å²) >= 11 is 0. The molecule has 1 aromatic rings. The maximum Gasteiger partial charge on any atom is 0.358 e. The number of methoxy groups -OCH3 is 1. The quantitative estimate of drug-likeness (QED) is 0.614. The normalized spacial score (nSPS) is 12.8. The van der Waals surface area contributed by atoms with Gasteiger partial charge in [0.1, 0.15) is 5.69 Å². The van der Waals surface area contributed by atoms with Crippen molar-refractivity contribution in [2.75, 3.05) is 26.9 Å². The molecule has 8 nitrogen and oxygen atoms in total. The number of aromatic carboxylic acids is 1. The number of ether oxygens (including phenoxy) is 2. The molecule has 0 aliphatic heterocycles. The van der Waals surface area contributed by atoms with Crippen molar-refractivity contribution in [3.05, 3.63) is 11.4 Å². The van der Waals surface area contributed by atoms with E-state index in [9.17, 15) is 18.7 Å². The zero-order valence-electron chi connectivity index (χ0n) is 10.7. The lowest BCUT2D eigenvalue weighted by Gasteiger charge is -2.12. The standard InChI is InChI=1S/C10H15F2N3O5/c1-19-2-3-20-5-6(16)4-15-8(9(11)12)7(10(17)18)13-14-15/h6,9,16H,2-5H2,1H3,(H,17,18). The second-order valence-corrected chi connectivity index (χ2v) is 3.83. The Balaban J connectivity index is 2.65. The summed E-state index contributed by atoms with van der Waals surface area (Å²) in [6.07, 6.45) is -4.18. The fourth-order valence-electron chi connectivity index (χ4n) is 1.44. The molecule has 114 valence electrons. The smallest absolute Gasteiger partial charge is 0.358 e. The molecule has 2 N–H and O–H groups in total. The first kappa shape index (κ1) is 16.4. The van der Waals surface area contributed by atoms with Crippen molar-refractivity contribution in [3.8, 4) is 0 Å². The molecule has 1 aromatic heterocycles. The van der Waals surface area contributed by atoms with Crippen LogP contribution in [0.15, 0.2) is 0 Å². The number of alkyl halides is 2. The Morgan fingerprint density at radius 3 is 2.70 bits per heavy atom. The molecule has 1 atom stereocenters. The number of aliphatic hydroxyl groups excluding tert-OH is 1. The maximum absolute atomic E-state index is 12.8. The van der Waals surface area contributed by atoms with E-state index in [1.807, 2.05) is 0 Å². The van der Waals surface area contributed by atoms with Crippen LogP contribution in [-0.4, -0.2) is 64.2 Å². The Kier molecular flexibility index (Phi) is 6.42. The zero-order chi connectivity index (χ0) is 15.1. The molecule has 20 heavy (non-hydrogen) atoms. The summed E-state index contributed by atoms with van der Waals surface area (Å²) in [6, 6.07) is 0. The lowest BCUT2D eigenvalue weighted by Crippen LogP contribution is -2.25. The molecule has 0 aliphatic rings. The average Bonchev–Trinajstić information content (AvgIpc) is 2.78. The third kappa shape index (κ3) is 4.47. The lowest BCUT2D eigenvalue weighted by atomic mass is 10.3. The van der Waals surface area contributed by atoms with Gasteiger partial charge in [0.15, 0.2) is 5.69 Å². The summed E-state index contributed by atoms with van der Waals surface area (Å²) < 4.78 is 36.0. The highest BCUT2D eigenvalue weighted by atomic mass is 19.3. The van der Waals surface area contributed by atoms with Gasteiger partial charge in [-0.25, -0.2) is 18.3 Å². The van der Waals surface area contributed by atoms with Crippen LogP contribution in [0.25, 0.3) is 0 Å². The predicted molar refractivity (Wildman–Crippen MR) is 60.6 cm³/mol. The number of aromatic nitrogens is 3. The molecule has 0 saturated carbocycles. The molecule has 0 spiro atoms. The van der Waals surface area contributed by atoms with E-state index in [2.05, 4.69) is 10.3 Å². The van der Waals surface area contributed by atoms with Gasteiger partial charge in [0.05, 0.1) is 32.5 Å². The minimum Gasteiger partial charge on any atom is -0.476 e. The van der Waals surface area contributed by atoms with Crippen LogP contribution in [0, 0.1) is 0 Å². The second-order valence-electron chi connectivity index (χ2n) is 3.83. The van der Waals surface area contributed by atoms with Crippen LogP contribution in [0.3, 0.4) is 0 Å². The summed E-state index contributed by atoms with van der Waals surface area (Å²) in [4.78, 5) is 10.7. The number of hydrogen-bond donors (Lipinski definition) is 2. The van der Waals surface area contributed by atoms with Crippen molar-refractivity contribution in [3.63, 3.8) is 0 Å². The number of carboxylic acid groups (broad SMARTS) is 1. The number of carboxylic acids is 1. The van der Waals surface area contributed by atoms with Crippen molar-refractivity contribution in [2.45, 2.75) is 19.1 Å². The third-order valence-electron chi connectivity index (χ3n) is 2.31. The number of halogens is 2. The Morgan fingerprint density at radius 1 is 1.45 bits per heavy atom. The van der Waals surface area contributed by atoms with Gasteiger partial charge in [0, 0.05) is 7.11 Å². The van der Waals surface area contributed by atoms with Crippen LogP contribution < -0.4 is 0 Å². The first-order chi connectivity index (χ1) is 9.47. The monoisotopic (exact) mass is 295 g/mol. The van der Waals surface area contributed by atoms with E-state index >= 15 is 0 Å². The molecule has 0 radical (unpaired) electrons. The van der Waals surface area contributed by atoms with E-state index in [0.717, 1.165) is 0 Å². The van der Waals surface area contributed by atoms with Crippen molar-refractivity contribution in [1.82, 2.24) is 15.0 Å². The Hall–Kier alpha value is -1.65. The molecule has 0 bridgehead atoms. The molecular weight excluding hydrogens is 280 g/mol. The highest BCUT2D eigenvalue weighted by Gasteiger charge is 2.27. The number of nitrogens with zero attached hydrogens (tertiary/aromatic N) is 3. The third-order valence-corrected chi connectivity index (χ3v) is 2.31. The van der Waals surface area contributed by atoms with Gasteiger partial charge in [-0.3, -0.25) is 0 Å². The molecule has 0 aliphatic carbocycles. The first-order valence-electron chi connectivity index (χ1n) is 5.67. The Labute approximate surface area is 112 Å². The molecule has 0 fully saturated rings. The van der Waals surface area contributed by atoms with E-state index in [4.69, 9.17) is 14.6 Å². The van der Waals surface area contributed by atoms with Gasteiger partial charge in [-0.2, -0.15) is 0 Å². The summed E-state index contributed by atoms with van der Waals surface area (Å²) in [5.41, 5.74) is -1.67. The van der Waals surface area contributed by atoms with Crippen LogP contribution in [0.4, 0.5) is 8.78 Å². The molecule has 0 amide bonds. The fourth-order valence-corrected chi connectivity index (χ4v) is 1.44. The lowest BCUT2D eigenvalue weighted by molar-refractivity contribution is 0.00424. The molecule has 1 rings (SSSR count). The molecule has 0 saturated heterocycles. The second kappa shape index (κ2) is 7.82. The van der Waals surface area contributed by atoms with E-state index in [1.54, 1.807) is 0 Å². The summed E-state index contributed by atoms with van der Waals surface area (Å²) in [5, 5.41) is 24.8. The number of hydrogen-bond acceptors (Lipinski definition) is 6. The van der Waals surface area contributed by atoms with Gasteiger partial charge in [0.2, 0.25) is 0 Å². The van der Waals surface area contributed by atoms with E-state index in [0.29, 0.717) is 11.3 Å². The summed E-state index contributed by atoms with van der Waals surface area (Å²) in [7, 11) is 1.48. The van der Waals surface area contributed by atoms with Crippen LogP contribution in [-0.2, 0) is 16.0 Å². The Bertz CT molecular complexity index is 441. The summed E-state index contributed by atoms with van der Waals surface area (Å²) in [6.45, 7) is 0.121. The highest BCUT2D eigenvalue weighted by Crippen LogP contribution is 2.21. The van der Waals surface area contributed by atoms with Gasteiger partial charge in [-0.05, 0) is 0 Å². The molecule has 10 heteroatoms. The Morgan fingerprint density at radius 2 is 2.15 bits per heavy atom. The van der Waals surface area contributed by atoms with Crippen LogP contribution in [0.2, 0.25) is 0 Å². The van der Waals surface area contributed by atoms with E-state index < -0.39 is 29.9 Å². The largest absolute Gasteiger partial charge is 0.476 e. The number of carbonyl (C=O) groups is 1. The van der Waals surface area contributed by atoms with Gasteiger partial charge < -0.3 is 19.7 Å². The first-order valence-corrected chi connectivity index (χ1v) is 5.67. The van der Waals surface area contributed by atoms with Crippen molar-refractivity contribution in [1.29, 1.82) is 0 Å². The van der Waals surface area contributed by atoms with E-state index in [1.165, 1.54) is 7.11 Å². The van der Waals surface area contributed by atoms with Gasteiger partial charge >= 0.3 is 5.97 Å². The maximum atomic E-state index is 12.8. The van der Waals surface area contributed by atoms with Crippen molar-refractivity contribution >= 4 is 5.97 Å². The molecule has 1 heterocycles. The number of rotatable bonds is 9. The highest BCUT2D eigenvalue weighted by molar-refractivity contribution is 5.86. The topological polar surface area (TPSA) is 107 Å². The van der Waals surface area contributed by atoms with Crippen LogP contribution >= 0.6 is 0 Å². The van der Waals surface area contributed by atoms with Crippen molar-refractivity contribution < 1.29 is 33.3 Å². The fraction of sp³-hybridized carbons (Fsp3) is 0.700. The molecular formula is C10H15F2N3O5. The predicted octanol–water partition coefficient (Wildman–Crippen LogP) is -0.0622. The summed E-state index contributed by atoms with van der Waals surface area (Å²) in [5.74, 6) is -1.60. The minimum atomic E-state index is -3.06. The van der Waals surface area contributed by atoms with Crippen LogP contribution in [0.5, 0.6) is 0 Å². The van der Waals surface area contributed by atoms with Gasteiger partial charge in [-0.1, -0.05) is 5.21 Å². The van der Waals surface area contributed by atoms with Gasteiger partial charge in [-0.15, -0.1) is 5.10 Å². The number of aliphatic hydroxyl groups is 1. The minimum absolute atomic E-state index is 0.117. The average molecular weight is 295 g/mol. The van der Waals surface area contributed by atoms with Crippen molar-refractivity contribution in [2.24, 2.45) is 0 Å².